The lowest BCUT2D eigenvalue weighted by Crippen LogP contribution is -2.29. The predicted molar refractivity (Wildman–Crippen MR) is 72.2 cm³/mol. The first-order chi connectivity index (χ1) is 10.4. The maximum atomic E-state index is 12.4. The number of halogens is 3. The zero-order valence-electron chi connectivity index (χ0n) is 12.2. The number of carbonyl (C=O) groups is 1. The highest BCUT2D eigenvalue weighted by molar-refractivity contribution is 5.72. The molecule has 1 aromatic rings. The van der Waals surface area contributed by atoms with Crippen molar-refractivity contribution in [3.63, 3.8) is 0 Å². The SMILES string of the molecule is CCOC(=O)C1CCC(Oc2ccc(C(F)(F)F)cn2)CC1. The molecule has 0 aliphatic heterocycles. The third-order valence-corrected chi connectivity index (χ3v) is 3.65. The van der Waals surface area contributed by atoms with E-state index in [0.29, 0.717) is 32.3 Å². The molecule has 0 spiro atoms. The van der Waals surface area contributed by atoms with Crippen molar-refractivity contribution in [1.29, 1.82) is 0 Å². The Kier molecular flexibility index (Phi) is 5.26. The zero-order chi connectivity index (χ0) is 16.2. The Hall–Kier alpha value is -1.79. The highest BCUT2D eigenvalue weighted by Crippen LogP contribution is 2.31. The van der Waals surface area contributed by atoms with E-state index < -0.39 is 11.7 Å². The van der Waals surface area contributed by atoms with Crippen LogP contribution < -0.4 is 4.74 Å². The van der Waals surface area contributed by atoms with E-state index in [1.54, 1.807) is 6.92 Å². The van der Waals surface area contributed by atoms with Crippen LogP contribution in [0.1, 0.15) is 38.2 Å². The van der Waals surface area contributed by atoms with Crippen LogP contribution in [0.4, 0.5) is 13.2 Å². The number of alkyl halides is 3. The summed E-state index contributed by atoms with van der Waals surface area (Å²) >= 11 is 0. The summed E-state index contributed by atoms with van der Waals surface area (Å²) in [4.78, 5) is 15.3. The minimum Gasteiger partial charge on any atom is -0.474 e. The molecule has 0 aromatic carbocycles. The molecule has 1 saturated carbocycles. The fraction of sp³-hybridized carbons (Fsp3) is 0.600. The fourth-order valence-electron chi connectivity index (χ4n) is 2.46. The number of pyridine rings is 1. The van der Waals surface area contributed by atoms with E-state index in [2.05, 4.69) is 4.98 Å². The Morgan fingerprint density at radius 3 is 2.45 bits per heavy atom. The van der Waals surface area contributed by atoms with Gasteiger partial charge in [0.15, 0.2) is 0 Å². The minimum atomic E-state index is -4.40. The quantitative estimate of drug-likeness (QED) is 0.796. The van der Waals surface area contributed by atoms with Gasteiger partial charge in [-0.2, -0.15) is 13.2 Å². The van der Waals surface area contributed by atoms with Gasteiger partial charge in [-0.15, -0.1) is 0 Å². The number of hydrogen-bond acceptors (Lipinski definition) is 4. The minimum absolute atomic E-state index is 0.111. The van der Waals surface area contributed by atoms with Gasteiger partial charge in [0.05, 0.1) is 18.1 Å². The van der Waals surface area contributed by atoms with Crippen molar-refractivity contribution in [2.24, 2.45) is 5.92 Å². The van der Waals surface area contributed by atoms with E-state index >= 15 is 0 Å². The molecule has 0 unspecified atom stereocenters. The van der Waals surface area contributed by atoms with Crippen molar-refractivity contribution in [3.8, 4) is 5.88 Å². The van der Waals surface area contributed by atoms with Crippen molar-refractivity contribution in [2.45, 2.75) is 44.9 Å². The number of nitrogens with zero attached hydrogens (tertiary/aromatic N) is 1. The predicted octanol–water partition coefficient (Wildman–Crippen LogP) is 3.60. The number of rotatable bonds is 4. The maximum Gasteiger partial charge on any atom is 0.417 e. The second kappa shape index (κ2) is 6.98. The molecule has 0 atom stereocenters. The molecule has 122 valence electrons. The first kappa shape index (κ1) is 16.6. The van der Waals surface area contributed by atoms with E-state index in [0.717, 1.165) is 12.3 Å². The van der Waals surface area contributed by atoms with Gasteiger partial charge in [-0.3, -0.25) is 4.79 Å². The van der Waals surface area contributed by atoms with Gasteiger partial charge in [0, 0.05) is 12.3 Å². The molecule has 7 heteroatoms. The Morgan fingerprint density at radius 2 is 1.95 bits per heavy atom. The molecule has 1 aromatic heterocycles. The fourth-order valence-corrected chi connectivity index (χ4v) is 2.46. The molecule has 4 nitrogen and oxygen atoms in total. The summed E-state index contributed by atoms with van der Waals surface area (Å²) < 4.78 is 47.9. The van der Waals surface area contributed by atoms with Crippen molar-refractivity contribution in [1.82, 2.24) is 4.98 Å². The molecule has 22 heavy (non-hydrogen) atoms. The second-order valence-electron chi connectivity index (χ2n) is 5.23. The van der Waals surface area contributed by atoms with Crippen molar-refractivity contribution >= 4 is 5.97 Å². The number of ether oxygens (including phenoxy) is 2. The van der Waals surface area contributed by atoms with E-state index in [4.69, 9.17) is 9.47 Å². The van der Waals surface area contributed by atoms with Crippen LogP contribution in [0.2, 0.25) is 0 Å². The van der Waals surface area contributed by atoms with Crippen molar-refractivity contribution < 1.29 is 27.4 Å². The standard InChI is InChI=1S/C15H18F3NO3/c1-2-21-14(20)10-3-6-12(7-4-10)22-13-8-5-11(9-19-13)15(16,17)18/h5,8-10,12H,2-4,6-7H2,1H3. The number of esters is 1. The third-order valence-electron chi connectivity index (χ3n) is 3.65. The van der Waals surface area contributed by atoms with Crippen molar-refractivity contribution in [2.75, 3.05) is 6.61 Å². The van der Waals surface area contributed by atoms with Crippen LogP contribution in [0, 0.1) is 5.92 Å². The largest absolute Gasteiger partial charge is 0.474 e. The molecule has 1 aliphatic rings. The van der Waals surface area contributed by atoms with E-state index in [1.807, 2.05) is 0 Å². The normalized spacial score (nSPS) is 22.2. The number of carbonyl (C=O) groups excluding carboxylic acids is 1. The average Bonchev–Trinajstić information content (AvgIpc) is 2.48. The molecular weight excluding hydrogens is 299 g/mol. The van der Waals surface area contributed by atoms with Crippen LogP contribution in [0.15, 0.2) is 18.3 Å². The summed E-state index contributed by atoms with van der Waals surface area (Å²) in [5.41, 5.74) is -0.800. The molecule has 1 fully saturated rings. The smallest absolute Gasteiger partial charge is 0.417 e. The highest BCUT2D eigenvalue weighted by Gasteiger charge is 2.31. The molecule has 0 bridgehead atoms. The Labute approximate surface area is 126 Å². The highest BCUT2D eigenvalue weighted by atomic mass is 19.4. The van der Waals surface area contributed by atoms with Gasteiger partial charge in [0.2, 0.25) is 5.88 Å². The van der Waals surface area contributed by atoms with Crippen LogP contribution in [0.25, 0.3) is 0 Å². The van der Waals surface area contributed by atoms with Gasteiger partial charge in [-0.25, -0.2) is 4.98 Å². The topological polar surface area (TPSA) is 48.4 Å². The summed E-state index contributed by atoms with van der Waals surface area (Å²) in [7, 11) is 0. The molecule has 1 heterocycles. The monoisotopic (exact) mass is 317 g/mol. The van der Waals surface area contributed by atoms with E-state index in [9.17, 15) is 18.0 Å². The summed E-state index contributed by atoms with van der Waals surface area (Å²) in [6.45, 7) is 2.13. The van der Waals surface area contributed by atoms with Gasteiger partial charge < -0.3 is 9.47 Å². The Morgan fingerprint density at radius 1 is 1.27 bits per heavy atom. The van der Waals surface area contributed by atoms with Crippen molar-refractivity contribution in [3.05, 3.63) is 23.9 Å². The van der Waals surface area contributed by atoms with Gasteiger partial charge in [0.1, 0.15) is 6.10 Å². The van der Waals surface area contributed by atoms with Gasteiger partial charge >= 0.3 is 12.1 Å². The lowest BCUT2D eigenvalue weighted by atomic mass is 9.87. The summed E-state index contributed by atoms with van der Waals surface area (Å²) in [5.74, 6) is -0.124. The van der Waals surface area contributed by atoms with Gasteiger partial charge in [0.25, 0.3) is 0 Å². The molecule has 0 saturated heterocycles. The van der Waals surface area contributed by atoms with Gasteiger partial charge in [-0.05, 0) is 38.7 Å². The summed E-state index contributed by atoms with van der Waals surface area (Å²) in [5, 5.41) is 0. The molecular formula is C15H18F3NO3. The molecule has 0 N–H and O–H groups in total. The Bertz CT molecular complexity index is 494. The first-order valence-electron chi connectivity index (χ1n) is 7.26. The lowest BCUT2D eigenvalue weighted by Gasteiger charge is -2.27. The second-order valence-corrected chi connectivity index (χ2v) is 5.23. The number of hydrogen-bond donors (Lipinski definition) is 0. The van der Waals surface area contributed by atoms with E-state index in [1.165, 1.54) is 6.07 Å². The van der Waals surface area contributed by atoms with Crippen LogP contribution in [0.5, 0.6) is 5.88 Å². The molecule has 2 rings (SSSR count). The van der Waals surface area contributed by atoms with Gasteiger partial charge in [-0.1, -0.05) is 0 Å². The average molecular weight is 317 g/mol. The van der Waals surface area contributed by atoms with Crippen LogP contribution >= 0.6 is 0 Å². The first-order valence-corrected chi connectivity index (χ1v) is 7.26. The van der Waals surface area contributed by atoms with Crippen LogP contribution in [-0.4, -0.2) is 23.7 Å². The lowest BCUT2D eigenvalue weighted by molar-refractivity contribution is -0.149. The van der Waals surface area contributed by atoms with Crippen LogP contribution in [0.3, 0.4) is 0 Å². The molecule has 0 radical (unpaired) electrons. The van der Waals surface area contributed by atoms with E-state index in [-0.39, 0.29) is 23.9 Å². The summed E-state index contributed by atoms with van der Waals surface area (Å²) in [6, 6.07) is 2.17. The number of aromatic nitrogens is 1. The zero-order valence-corrected chi connectivity index (χ0v) is 12.2. The third kappa shape index (κ3) is 4.35. The maximum absolute atomic E-state index is 12.4. The van der Waals surface area contributed by atoms with Crippen LogP contribution in [-0.2, 0) is 15.7 Å². The molecule has 0 amide bonds. The Balaban J connectivity index is 1.84. The molecule has 1 aliphatic carbocycles. The summed E-state index contributed by atoms with van der Waals surface area (Å²) in [6.07, 6.45) is -1.13.